The molecule has 0 radical (unpaired) electrons. The van der Waals surface area contributed by atoms with E-state index in [-0.39, 0.29) is 11.8 Å². The Morgan fingerprint density at radius 3 is 2.50 bits per heavy atom. The largest absolute Gasteiger partial charge is 0.497 e. The van der Waals surface area contributed by atoms with E-state index < -0.39 is 0 Å². The number of carbonyl (C=O) groups is 1. The van der Waals surface area contributed by atoms with Gasteiger partial charge in [0.15, 0.2) is 0 Å². The molecule has 0 saturated carbocycles. The molecule has 4 rings (SSSR count). The zero-order valence-corrected chi connectivity index (χ0v) is 17.8. The Morgan fingerprint density at radius 1 is 1.13 bits per heavy atom. The van der Waals surface area contributed by atoms with Gasteiger partial charge in [-0.15, -0.1) is 0 Å². The van der Waals surface area contributed by atoms with E-state index in [0.29, 0.717) is 0 Å². The second-order valence-corrected chi connectivity index (χ2v) is 8.21. The van der Waals surface area contributed by atoms with E-state index in [1.165, 1.54) is 16.5 Å². The fraction of sp³-hybridized carbons (Fsp3) is 0.417. The number of methoxy groups -OCH3 is 1. The molecule has 1 fully saturated rings. The third kappa shape index (κ3) is 4.49. The van der Waals surface area contributed by atoms with Crippen molar-refractivity contribution >= 4 is 16.8 Å². The molecule has 6 nitrogen and oxygen atoms in total. The first-order valence-corrected chi connectivity index (χ1v) is 10.6. The molecule has 1 aliphatic heterocycles. The van der Waals surface area contributed by atoms with Crippen molar-refractivity contribution in [3.05, 3.63) is 59.3 Å². The van der Waals surface area contributed by atoms with Crippen LogP contribution in [0, 0.1) is 12.8 Å². The lowest BCUT2D eigenvalue weighted by Gasteiger charge is -2.30. The molecule has 1 amide bonds. The van der Waals surface area contributed by atoms with E-state index in [9.17, 15) is 4.79 Å². The second-order valence-electron chi connectivity index (χ2n) is 8.21. The van der Waals surface area contributed by atoms with Gasteiger partial charge in [0.05, 0.1) is 24.9 Å². The number of primary amides is 1. The van der Waals surface area contributed by atoms with Gasteiger partial charge in [-0.25, -0.2) is 0 Å². The highest BCUT2D eigenvalue weighted by molar-refractivity contribution is 5.82. The molecule has 2 heterocycles. The number of aryl methyl sites for hydroxylation is 1. The summed E-state index contributed by atoms with van der Waals surface area (Å²) in [5, 5.41) is 5.99. The van der Waals surface area contributed by atoms with Gasteiger partial charge in [-0.05, 0) is 74.7 Å². The zero-order valence-electron chi connectivity index (χ0n) is 17.8. The van der Waals surface area contributed by atoms with Gasteiger partial charge in [0.1, 0.15) is 5.75 Å². The molecular formula is C24H30N4O2. The van der Waals surface area contributed by atoms with Crippen molar-refractivity contribution in [1.29, 1.82) is 0 Å². The highest BCUT2D eigenvalue weighted by Gasteiger charge is 2.22. The Morgan fingerprint density at radius 2 is 1.83 bits per heavy atom. The van der Waals surface area contributed by atoms with Gasteiger partial charge in [-0.2, -0.15) is 5.10 Å². The van der Waals surface area contributed by atoms with Gasteiger partial charge in [0, 0.05) is 17.8 Å². The molecule has 158 valence electrons. The van der Waals surface area contributed by atoms with Crippen LogP contribution in [-0.4, -0.2) is 47.3 Å². The lowest BCUT2D eigenvalue weighted by atomic mass is 9.96. The molecule has 6 heteroatoms. The minimum atomic E-state index is -0.151. The van der Waals surface area contributed by atoms with E-state index in [0.717, 1.165) is 62.4 Å². The molecule has 0 aliphatic carbocycles. The molecule has 1 aromatic heterocycles. The summed E-state index contributed by atoms with van der Waals surface area (Å²) in [7, 11) is 1.68. The van der Waals surface area contributed by atoms with Gasteiger partial charge in [0.25, 0.3) is 0 Å². The highest BCUT2D eigenvalue weighted by atomic mass is 16.5. The number of carbonyl (C=O) groups excluding carboxylic acids is 1. The molecular weight excluding hydrogens is 376 g/mol. The quantitative estimate of drug-likeness (QED) is 0.654. The molecule has 2 aromatic carbocycles. The Kier molecular flexibility index (Phi) is 6.04. The summed E-state index contributed by atoms with van der Waals surface area (Å²) in [6.45, 7) is 5.73. The number of nitrogens with two attached hydrogens (primary N) is 1. The smallest absolute Gasteiger partial charge is 0.220 e. The number of piperidine rings is 1. The number of hydrogen-bond acceptors (Lipinski definition) is 4. The fourth-order valence-electron chi connectivity index (χ4n) is 4.30. The van der Waals surface area contributed by atoms with Crippen LogP contribution in [0.2, 0.25) is 0 Å². The fourth-order valence-corrected chi connectivity index (χ4v) is 4.30. The number of amides is 1. The summed E-state index contributed by atoms with van der Waals surface area (Å²) in [6.07, 6.45) is 2.76. The van der Waals surface area contributed by atoms with Crippen LogP contribution < -0.4 is 10.5 Å². The third-order valence-electron chi connectivity index (χ3n) is 6.20. The molecule has 1 saturated heterocycles. The van der Waals surface area contributed by atoms with E-state index >= 15 is 0 Å². The van der Waals surface area contributed by atoms with Crippen molar-refractivity contribution in [2.75, 3.05) is 26.7 Å². The Balaban J connectivity index is 1.42. The average molecular weight is 407 g/mol. The summed E-state index contributed by atoms with van der Waals surface area (Å²) in [6, 6.07) is 14.8. The number of nitrogens with zero attached hydrogens (tertiary/aromatic N) is 3. The van der Waals surface area contributed by atoms with Gasteiger partial charge in [-0.3, -0.25) is 9.48 Å². The number of rotatable bonds is 7. The number of aromatic nitrogens is 2. The minimum absolute atomic E-state index is 0.0526. The average Bonchev–Trinajstić information content (AvgIpc) is 3.07. The van der Waals surface area contributed by atoms with Gasteiger partial charge in [0.2, 0.25) is 5.91 Å². The van der Waals surface area contributed by atoms with Crippen molar-refractivity contribution < 1.29 is 9.53 Å². The first-order chi connectivity index (χ1) is 14.5. The summed E-state index contributed by atoms with van der Waals surface area (Å²) in [5.41, 5.74) is 10.2. The lowest BCUT2D eigenvalue weighted by molar-refractivity contribution is -0.123. The number of hydrogen-bond donors (Lipinski definition) is 1. The molecule has 0 spiro atoms. The number of benzene rings is 2. The molecule has 2 N–H and O–H groups in total. The van der Waals surface area contributed by atoms with E-state index in [1.54, 1.807) is 7.11 Å². The van der Waals surface area contributed by atoms with E-state index in [1.807, 2.05) is 12.1 Å². The SMILES string of the molecule is COc1ccc(Cn2nc(C)c3cc(CCN4CCC(C(N)=O)CC4)ccc32)cc1. The van der Waals surface area contributed by atoms with Gasteiger partial charge >= 0.3 is 0 Å². The van der Waals surface area contributed by atoms with Crippen LogP contribution in [-0.2, 0) is 17.8 Å². The van der Waals surface area contributed by atoms with Crippen LogP contribution in [0.5, 0.6) is 5.75 Å². The molecule has 30 heavy (non-hydrogen) atoms. The summed E-state index contributed by atoms with van der Waals surface area (Å²) in [4.78, 5) is 13.8. The van der Waals surface area contributed by atoms with Gasteiger partial charge < -0.3 is 15.4 Å². The third-order valence-corrected chi connectivity index (χ3v) is 6.20. The summed E-state index contributed by atoms with van der Waals surface area (Å²) >= 11 is 0. The first-order valence-electron chi connectivity index (χ1n) is 10.6. The van der Waals surface area contributed by atoms with Crippen LogP contribution >= 0.6 is 0 Å². The van der Waals surface area contributed by atoms with Crippen LogP contribution in [0.3, 0.4) is 0 Å². The zero-order chi connectivity index (χ0) is 21.1. The molecule has 0 unspecified atom stereocenters. The Labute approximate surface area is 177 Å². The van der Waals surface area contributed by atoms with Crippen LogP contribution in [0.25, 0.3) is 10.9 Å². The van der Waals surface area contributed by atoms with Crippen LogP contribution in [0.15, 0.2) is 42.5 Å². The molecule has 3 aromatic rings. The Bertz CT molecular complexity index is 1020. The Hall–Kier alpha value is -2.86. The summed E-state index contributed by atoms with van der Waals surface area (Å²) < 4.78 is 7.32. The monoisotopic (exact) mass is 406 g/mol. The normalized spacial score (nSPS) is 15.5. The van der Waals surface area contributed by atoms with Crippen LogP contribution in [0.1, 0.15) is 29.7 Å². The predicted molar refractivity (Wildman–Crippen MR) is 119 cm³/mol. The lowest BCUT2D eigenvalue weighted by Crippen LogP contribution is -2.39. The van der Waals surface area contributed by atoms with Crippen molar-refractivity contribution in [3.8, 4) is 5.75 Å². The maximum Gasteiger partial charge on any atom is 0.220 e. The highest BCUT2D eigenvalue weighted by Crippen LogP contribution is 2.23. The molecule has 0 bridgehead atoms. The number of fused-ring (bicyclic) bond motifs is 1. The van der Waals surface area contributed by atoms with Crippen LogP contribution in [0.4, 0.5) is 0 Å². The second kappa shape index (κ2) is 8.88. The maximum atomic E-state index is 11.3. The number of ether oxygens (including phenoxy) is 1. The molecule has 1 aliphatic rings. The first kappa shape index (κ1) is 20.4. The maximum absolute atomic E-state index is 11.3. The minimum Gasteiger partial charge on any atom is -0.497 e. The topological polar surface area (TPSA) is 73.4 Å². The standard InChI is InChI=1S/C24H30N4O2/c1-17-22-15-18(9-12-27-13-10-20(11-14-27)24(25)29)5-8-23(22)28(26-17)16-19-3-6-21(30-2)7-4-19/h3-8,15,20H,9-14,16H2,1-2H3,(H2,25,29). The molecule has 0 atom stereocenters. The predicted octanol–water partition coefficient (Wildman–Crippen LogP) is 3.14. The van der Waals surface area contributed by atoms with Crippen molar-refractivity contribution in [1.82, 2.24) is 14.7 Å². The van der Waals surface area contributed by atoms with E-state index in [2.05, 4.69) is 46.8 Å². The van der Waals surface area contributed by atoms with Crippen molar-refractivity contribution in [3.63, 3.8) is 0 Å². The van der Waals surface area contributed by atoms with Crippen molar-refractivity contribution in [2.24, 2.45) is 11.7 Å². The summed E-state index contributed by atoms with van der Waals surface area (Å²) in [5.74, 6) is 0.766. The van der Waals surface area contributed by atoms with Crippen molar-refractivity contribution in [2.45, 2.75) is 32.7 Å². The van der Waals surface area contributed by atoms with Gasteiger partial charge in [-0.1, -0.05) is 18.2 Å². The van der Waals surface area contributed by atoms with E-state index in [4.69, 9.17) is 15.6 Å². The number of likely N-dealkylation sites (tertiary alicyclic amines) is 1.